The zero-order valence-corrected chi connectivity index (χ0v) is 23.6. The summed E-state index contributed by atoms with van der Waals surface area (Å²) in [6, 6.07) is 14.6. The highest BCUT2D eigenvalue weighted by Crippen LogP contribution is 2.36. The fraction of sp³-hybridized carbons (Fsp3) is 0.148. The van der Waals surface area contributed by atoms with E-state index in [-0.39, 0.29) is 27.7 Å². The standard InChI is InChI=1S/C27H23N3O9S2/c1-16-5-4-6-19(11-16)28-25(31)15-29-26(32)24(40-27(29)33)13-18-8-10-22(23(12-18)38-3)39-41(36,37)20-9-7-17(2)21(14-20)30(34)35/h4-14H,15H2,1-3H3,(H,28,31)/b24-13-. The minimum atomic E-state index is -4.46. The smallest absolute Gasteiger partial charge is 0.339 e. The number of methoxy groups -OCH3 is 1. The van der Waals surface area contributed by atoms with Crippen molar-refractivity contribution in [2.24, 2.45) is 0 Å². The molecule has 212 valence electrons. The molecule has 0 unspecified atom stereocenters. The summed E-state index contributed by atoms with van der Waals surface area (Å²) in [6.45, 7) is 2.87. The highest BCUT2D eigenvalue weighted by Gasteiger charge is 2.36. The van der Waals surface area contributed by atoms with Crippen molar-refractivity contribution in [3.63, 3.8) is 0 Å². The van der Waals surface area contributed by atoms with E-state index in [0.717, 1.165) is 16.5 Å². The molecule has 0 saturated carbocycles. The maximum atomic E-state index is 12.9. The monoisotopic (exact) mass is 597 g/mol. The van der Waals surface area contributed by atoms with Crippen molar-refractivity contribution < 1.29 is 36.6 Å². The minimum Gasteiger partial charge on any atom is -0.493 e. The van der Waals surface area contributed by atoms with Crippen LogP contribution in [0.1, 0.15) is 16.7 Å². The predicted octanol–water partition coefficient (Wildman–Crippen LogP) is 4.66. The Morgan fingerprint density at radius 1 is 1.07 bits per heavy atom. The predicted molar refractivity (Wildman–Crippen MR) is 151 cm³/mol. The summed E-state index contributed by atoms with van der Waals surface area (Å²) < 4.78 is 36.1. The van der Waals surface area contributed by atoms with E-state index in [2.05, 4.69) is 5.32 Å². The molecule has 0 aromatic heterocycles. The molecule has 4 rings (SSSR count). The topological polar surface area (TPSA) is 162 Å². The molecule has 3 aromatic rings. The third kappa shape index (κ3) is 6.73. The lowest BCUT2D eigenvalue weighted by Gasteiger charge is -2.13. The number of nitrogens with one attached hydrogen (secondary N) is 1. The van der Waals surface area contributed by atoms with Crippen molar-refractivity contribution in [3.05, 3.63) is 92.4 Å². The number of nitrogens with zero attached hydrogens (tertiary/aromatic N) is 2. The van der Waals surface area contributed by atoms with Gasteiger partial charge in [-0.05, 0) is 73.1 Å². The number of benzene rings is 3. The first-order valence-corrected chi connectivity index (χ1v) is 14.1. The number of nitro benzene ring substituents is 1. The molecule has 1 heterocycles. The third-order valence-corrected chi connectivity index (χ3v) is 7.97. The molecule has 14 heteroatoms. The number of anilines is 1. The maximum absolute atomic E-state index is 12.9. The number of aryl methyl sites for hydroxylation is 2. The van der Waals surface area contributed by atoms with Crippen LogP contribution < -0.4 is 14.2 Å². The van der Waals surface area contributed by atoms with Gasteiger partial charge in [0.15, 0.2) is 11.5 Å². The zero-order valence-electron chi connectivity index (χ0n) is 21.9. The van der Waals surface area contributed by atoms with Crippen molar-refractivity contribution in [1.82, 2.24) is 4.90 Å². The average molecular weight is 598 g/mol. The summed E-state index contributed by atoms with van der Waals surface area (Å²) in [4.78, 5) is 48.8. The maximum Gasteiger partial charge on any atom is 0.339 e. The highest BCUT2D eigenvalue weighted by molar-refractivity contribution is 8.18. The summed E-state index contributed by atoms with van der Waals surface area (Å²) in [6.07, 6.45) is 1.40. The van der Waals surface area contributed by atoms with Crippen LogP contribution in [0.5, 0.6) is 11.5 Å². The molecule has 1 aliphatic heterocycles. The summed E-state index contributed by atoms with van der Waals surface area (Å²) in [5.74, 6) is -1.42. The lowest BCUT2D eigenvalue weighted by atomic mass is 10.2. The van der Waals surface area contributed by atoms with Crippen LogP contribution in [0.3, 0.4) is 0 Å². The normalized spacial score (nSPS) is 14.3. The number of carbonyl (C=O) groups excluding carboxylic acids is 3. The number of hydrogen-bond donors (Lipinski definition) is 1. The van der Waals surface area contributed by atoms with Gasteiger partial charge < -0.3 is 14.2 Å². The van der Waals surface area contributed by atoms with E-state index in [9.17, 15) is 32.9 Å². The Morgan fingerprint density at radius 3 is 2.51 bits per heavy atom. The van der Waals surface area contributed by atoms with Crippen molar-refractivity contribution in [3.8, 4) is 11.5 Å². The second-order valence-corrected chi connectivity index (χ2v) is 11.4. The summed E-state index contributed by atoms with van der Waals surface area (Å²) >= 11 is 0.653. The van der Waals surface area contributed by atoms with Crippen LogP contribution in [-0.2, 0) is 19.7 Å². The van der Waals surface area contributed by atoms with Gasteiger partial charge in [0, 0.05) is 17.3 Å². The number of ether oxygens (including phenoxy) is 1. The van der Waals surface area contributed by atoms with Gasteiger partial charge in [0.05, 0.1) is 16.9 Å². The fourth-order valence-electron chi connectivity index (χ4n) is 3.81. The van der Waals surface area contributed by atoms with E-state index in [4.69, 9.17) is 8.92 Å². The van der Waals surface area contributed by atoms with Gasteiger partial charge in [0.1, 0.15) is 11.4 Å². The number of carbonyl (C=O) groups is 3. The first kappa shape index (κ1) is 29.3. The van der Waals surface area contributed by atoms with Crippen LogP contribution in [0.4, 0.5) is 16.2 Å². The highest BCUT2D eigenvalue weighted by atomic mass is 32.2. The second kappa shape index (κ2) is 11.8. The van der Waals surface area contributed by atoms with Gasteiger partial charge in [-0.3, -0.25) is 29.4 Å². The average Bonchev–Trinajstić information content (AvgIpc) is 3.16. The lowest BCUT2D eigenvalue weighted by Crippen LogP contribution is -2.36. The van der Waals surface area contributed by atoms with E-state index < -0.39 is 43.5 Å². The number of hydrogen-bond acceptors (Lipinski definition) is 10. The molecule has 1 N–H and O–H groups in total. The largest absolute Gasteiger partial charge is 0.493 e. The Bertz CT molecular complexity index is 1720. The third-order valence-electron chi connectivity index (χ3n) is 5.83. The van der Waals surface area contributed by atoms with Crippen LogP contribution in [0.25, 0.3) is 6.08 Å². The molecule has 41 heavy (non-hydrogen) atoms. The van der Waals surface area contributed by atoms with Gasteiger partial charge in [-0.25, -0.2) is 0 Å². The first-order valence-electron chi connectivity index (χ1n) is 11.9. The molecule has 1 aliphatic rings. The Hall–Kier alpha value is -4.69. The van der Waals surface area contributed by atoms with Crippen LogP contribution >= 0.6 is 11.8 Å². The molecular formula is C27H23N3O9S2. The van der Waals surface area contributed by atoms with Gasteiger partial charge >= 0.3 is 10.1 Å². The van der Waals surface area contributed by atoms with E-state index >= 15 is 0 Å². The Balaban J connectivity index is 1.50. The molecule has 0 bridgehead atoms. The van der Waals surface area contributed by atoms with Gasteiger partial charge in [-0.1, -0.05) is 24.3 Å². The Morgan fingerprint density at radius 2 is 1.83 bits per heavy atom. The van der Waals surface area contributed by atoms with Crippen molar-refractivity contribution in [2.45, 2.75) is 18.7 Å². The quantitative estimate of drug-likeness (QED) is 0.159. The van der Waals surface area contributed by atoms with Gasteiger partial charge in [-0.2, -0.15) is 8.42 Å². The second-order valence-electron chi connectivity index (χ2n) is 8.84. The van der Waals surface area contributed by atoms with Crippen LogP contribution in [-0.4, -0.2) is 48.9 Å². The van der Waals surface area contributed by atoms with E-state index in [1.54, 1.807) is 18.2 Å². The van der Waals surface area contributed by atoms with Crippen LogP contribution in [0.2, 0.25) is 0 Å². The molecule has 3 amide bonds. The molecule has 3 aromatic carbocycles. The van der Waals surface area contributed by atoms with E-state index in [1.807, 2.05) is 13.0 Å². The number of thioether (sulfide) groups is 1. The molecule has 0 atom stereocenters. The lowest BCUT2D eigenvalue weighted by molar-refractivity contribution is -0.385. The Labute approximate surface area is 239 Å². The van der Waals surface area contributed by atoms with E-state index in [1.165, 1.54) is 50.4 Å². The summed E-state index contributed by atoms with van der Waals surface area (Å²) in [5, 5.41) is 13.2. The van der Waals surface area contributed by atoms with E-state index in [0.29, 0.717) is 23.0 Å². The molecular weight excluding hydrogens is 574 g/mol. The van der Waals surface area contributed by atoms with Gasteiger partial charge in [0.2, 0.25) is 5.91 Å². The number of amides is 3. The van der Waals surface area contributed by atoms with Crippen molar-refractivity contribution in [2.75, 3.05) is 19.0 Å². The number of nitro groups is 1. The zero-order chi connectivity index (χ0) is 29.9. The summed E-state index contributed by atoms with van der Waals surface area (Å²) in [5.41, 5.74) is 1.76. The molecule has 0 radical (unpaired) electrons. The van der Waals surface area contributed by atoms with Crippen molar-refractivity contribution in [1.29, 1.82) is 0 Å². The number of imide groups is 1. The molecule has 0 aliphatic carbocycles. The van der Waals surface area contributed by atoms with Gasteiger partial charge in [-0.15, -0.1) is 0 Å². The Kier molecular flexibility index (Phi) is 8.44. The molecule has 1 fully saturated rings. The van der Waals surface area contributed by atoms with Gasteiger partial charge in [0.25, 0.3) is 16.8 Å². The molecule has 12 nitrogen and oxygen atoms in total. The minimum absolute atomic E-state index is 0.0132. The number of rotatable bonds is 9. The van der Waals surface area contributed by atoms with Crippen LogP contribution in [0.15, 0.2) is 70.5 Å². The summed E-state index contributed by atoms with van der Waals surface area (Å²) in [7, 11) is -3.19. The molecule has 1 saturated heterocycles. The van der Waals surface area contributed by atoms with Crippen LogP contribution in [0, 0.1) is 24.0 Å². The molecule has 0 spiro atoms. The first-order chi connectivity index (χ1) is 19.4. The fourth-order valence-corrected chi connectivity index (χ4v) is 5.60. The van der Waals surface area contributed by atoms with Crippen molar-refractivity contribution >= 4 is 56.4 Å². The SMILES string of the molecule is COc1cc(/C=C2\SC(=O)N(CC(=O)Nc3cccc(C)c3)C2=O)ccc1OS(=O)(=O)c1ccc(C)c([N+](=O)[O-])c1.